The minimum Gasteiger partial charge on any atom is -0.437 e. The molecule has 2 heterocycles. The maximum Gasteiger partial charge on any atom is 0.255 e. The highest BCUT2D eigenvalue weighted by atomic mass is 32.2. The van der Waals surface area contributed by atoms with Crippen molar-refractivity contribution in [1.82, 2.24) is 9.97 Å². The quantitative estimate of drug-likeness (QED) is 0.698. The largest absolute Gasteiger partial charge is 0.437 e. The molecule has 8 heteroatoms. The lowest BCUT2D eigenvalue weighted by molar-refractivity contribution is -0.115. The molecule has 140 valence electrons. The van der Waals surface area contributed by atoms with Crippen molar-refractivity contribution in [2.24, 2.45) is 0 Å². The number of hydrogen-bond donors (Lipinski definition) is 2. The van der Waals surface area contributed by atoms with E-state index in [1.165, 1.54) is 12.4 Å². The lowest BCUT2D eigenvalue weighted by atomic mass is 10.1. The molecule has 0 saturated carbocycles. The number of carbonyl (C=O) groups is 2. The first kappa shape index (κ1) is 18.0. The minimum absolute atomic E-state index is 0.0438. The first-order chi connectivity index (χ1) is 13.7. The van der Waals surface area contributed by atoms with E-state index in [0.29, 0.717) is 35.0 Å². The van der Waals surface area contributed by atoms with Crippen molar-refractivity contribution in [1.29, 1.82) is 0 Å². The molecule has 0 radical (unpaired) electrons. The van der Waals surface area contributed by atoms with Crippen molar-refractivity contribution >= 4 is 35.0 Å². The van der Waals surface area contributed by atoms with Gasteiger partial charge in [0.05, 0.1) is 11.9 Å². The number of hydrogen-bond acceptors (Lipinski definition) is 6. The number of amides is 2. The average Bonchev–Trinajstić information content (AvgIpc) is 2.89. The summed E-state index contributed by atoms with van der Waals surface area (Å²) in [6, 6.07) is 12.3. The summed E-state index contributed by atoms with van der Waals surface area (Å²) < 4.78 is 5.63. The van der Waals surface area contributed by atoms with Crippen molar-refractivity contribution < 1.29 is 14.3 Å². The second-order valence-corrected chi connectivity index (χ2v) is 7.12. The van der Waals surface area contributed by atoms with Crippen LogP contribution in [0.4, 0.5) is 11.4 Å². The third kappa shape index (κ3) is 4.29. The Morgan fingerprint density at radius 1 is 1.18 bits per heavy atom. The van der Waals surface area contributed by atoms with Crippen LogP contribution in [0.5, 0.6) is 11.6 Å². The Morgan fingerprint density at radius 2 is 2.11 bits per heavy atom. The maximum absolute atomic E-state index is 12.6. The standard InChI is InChI=1S/C20H16N4O3S/c25-18-6-9-28-17-5-4-13(10-16(17)24-18)20(26)23-14-2-1-3-15(11-14)27-19-12-21-7-8-22-19/h1-5,7-8,10-12H,6,9H2,(H,23,26)(H,24,25). The van der Waals surface area contributed by atoms with Gasteiger partial charge >= 0.3 is 0 Å². The first-order valence-corrected chi connectivity index (χ1v) is 9.58. The van der Waals surface area contributed by atoms with Crippen LogP contribution < -0.4 is 15.4 Å². The Kier molecular flexibility index (Phi) is 5.20. The fourth-order valence-corrected chi connectivity index (χ4v) is 3.60. The topological polar surface area (TPSA) is 93.2 Å². The summed E-state index contributed by atoms with van der Waals surface area (Å²) in [6.45, 7) is 0. The number of carbonyl (C=O) groups excluding carboxylic acids is 2. The van der Waals surface area contributed by atoms with Gasteiger partial charge in [0.2, 0.25) is 11.8 Å². The van der Waals surface area contributed by atoms with Crippen molar-refractivity contribution in [3.63, 3.8) is 0 Å². The van der Waals surface area contributed by atoms with Crippen LogP contribution >= 0.6 is 11.8 Å². The van der Waals surface area contributed by atoms with Gasteiger partial charge in [-0.05, 0) is 30.3 Å². The number of benzene rings is 2. The summed E-state index contributed by atoms with van der Waals surface area (Å²) >= 11 is 1.60. The van der Waals surface area contributed by atoms with E-state index in [2.05, 4.69) is 20.6 Å². The number of thioether (sulfide) groups is 1. The SMILES string of the molecule is O=C1CCSc2ccc(C(=O)Nc3cccc(Oc4cnccn4)c3)cc2N1. The molecule has 1 aromatic heterocycles. The normalized spacial score (nSPS) is 13.1. The van der Waals surface area contributed by atoms with E-state index in [1.54, 1.807) is 54.4 Å². The summed E-state index contributed by atoms with van der Waals surface area (Å²) in [5.74, 6) is 1.30. The van der Waals surface area contributed by atoms with Gasteiger partial charge < -0.3 is 15.4 Å². The number of nitrogens with zero attached hydrogens (tertiary/aromatic N) is 2. The fourth-order valence-electron chi connectivity index (χ4n) is 2.66. The molecule has 4 rings (SSSR count). The van der Waals surface area contributed by atoms with Crippen LogP contribution in [-0.2, 0) is 4.79 Å². The zero-order valence-corrected chi connectivity index (χ0v) is 15.5. The predicted molar refractivity (Wildman–Crippen MR) is 107 cm³/mol. The molecule has 2 N–H and O–H groups in total. The van der Waals surface area contributed by atoms with E-state index in [1.807, 2.05) is 6.07 Å². The molecule has 28 heavy (non-hydrogen) atoms. The number of rotatable bonds is 4. The predicted octanol–water partition coefficient (Wildman–Crippen LogP) is 3.96. The lowest BCUT2D eigenvalue weighted by Gasteiger charge is -2.11. The van der Waals surface area contributed by atoms with E-state index in [0.717, 1.165) is 10.6 Å². The molecule has 0 spiro atoms. The Labute approximate surface area is 165 Å². The van der Waals surface area contributed by atoms with E-state index >= 15 is 0 Å². The van der Waals surface area contributed by atoms with Gasteiger partial charge in [0.1, 0.15) is 5.75 Å². The maximum atomic E-state index is 12.6. The molecule has 2 amide bonds. The molecule has 3 aromatic rings. The highest BCUT2D eigenvalue weighted by Gasteiger charge is 2.16. The van der Waals surface area contributed by atoms with Crippen LogP contribution in [0.15, 0.2) is 66.0 Å². The molecule has 0 atom stereocenters. The Balaban J connectivity index is 1.49. The van der Waals surface area contributed by atoms with Crippen LogP contribution in [0.3, 0.4) is 0 Å². The van der Waals surface area contributed by atoms with Gasteiger partial charge in [-0.3, -0.25) is 14.6 Å². The van der Waals surface area contributed by atoms with Gasteiger partial charge in [-0.15, -0.1) is 11.8 Å². The van der Waals surface area contributed by atoms with E-state index in [9.17, 15) is 9.59 Å². The van der Waals surface area contributed by atoms with Crippen LogP contribution in [-0.4, -0.2) is 27.5 Å². The fraction of sp³-hybridized carbons (Fsp3) is 0.100. The van der Waals surface area contributed by atoms with Gasteiger partial charge in [0.15, 0.2) is 0 Å². The van der Waals surface area contributed by atoms with Gasteiger partial charge in [0, 0.05) is 46.8 Å². The smallest absolute Gasteiger partial charge is 0.255 e. The van der Waals surface area contributed by atoms with Gasteiger partial charge in [0.25, 0.3) is 5.91 Å². The molecular weight excluding hydrogens is 376 g/mol. The molecule has 1 aliphatic rings. The van der Waals surface area contributed by atoms with E-state index in [-0.39, 0.29) is 11.8 Å². The summed E-state index contributed by atoms with van der Waals surface area (Å²) in [5.41, 5.74) is 1.71. The van der Waals surface area contributed by atoms with Crippen molar-refractivity contribution in [3.8, 4) is 11.6 Å². The monoisotopic (exact) mass is 392 g/mol. The molecule has 0 unspecified atom stereocenters. The van der Waals surface area contributed by atoms with Gasteiger partial charge in [-0.2, -0.15) is 0 Å². The molecule has 0 saturated heterocycles. The van der Waals surface area contributed by atoms with Gasteiger partial charge in [-0.25, -0.2) is 4.98 Å². The average molecular weight is 392 g/mol. The summed E-state index contributed by atoms with van der Waals surface area (Å²) in [7, 11) is 0. The molecule has 0 fully saturated rings. The van der Waals surface area contributed by atoms with Crippen LogP contribution in [0.2, 0.25) is 0 Å². The summed E-state index contributed by atoms with van der Waals surface area (Å²) in [5, 5.41) is 5.69. The molecular formula is C20H16N4O3S. The zero-order valence-electron chi connectivity index (χ0n) is 14.7. The number of ether oxygens (including phenoxy) is 1. The van der Waals surface area contributed by atoms with Crippen molar-refractivity contribution in [2.75, 3.05) is 16.4 Å². The molecule has 7 nitrogen and oxygen atoms in total. The van der Waals surface area contributed by atoms with E-state index < -0.39 is 0 Å². The zero-order chi connectivity index (χ0) is 19.3. The third-order valence-electron chi connectivity index (χ3n) is 3.96. The number of fused-ring (bicyclic) bond motifs is 1. The molecule has 1 aliphatic heterocycles. The Bertz CT molecular complexity index is 1030. The van der Waals surface area contributed by atoms with Crippen LogP contribution in [0, 0.1) is 0 Å². The summed E-state index contributed by atoms with van der Waals surface area (Å²) in [6.07, 6.45) is 5.06. The number of aromatic nitrogens is 2. The van der Waals surface area contributed by atoms with E-state index in [4.69, 9.17) is 4.74 Å². The lowest BCUT2D eigenvalue weighted by Crippen LogP contribution is -2.14. The highest BCUT2D eigenvalue weighted by Crippen LogP contribution is 2.32. The number of anilines is 2. The first-order valence-electron chi connectivity index (χ1n) is 8.59. The Morgan fingerprint density at radius 3 is 2.96 bits per heavy atom. The van der Waals surface area contributed by atoms with Crippen LogP contribution in [0.1, 0.15) is 16.8 Å². The second kappa shape index (κ2) is 8.10. The Hall–Kier alpha value is -3.39. The van der Waals surface area contributed by atoms with Gasteiger partial charge in [-0.1, -0.05) is 6.07 Å². The number of nitrogens with one attached hydrogen (secondary N) is 2. The highest BCUT2D eigenvalue weighted by molar-refractivity contribution is 7.99. The third-order valence-corrected chi connectivity index (χ3v) is 5.03. The minimum atomic E-state index is -0.275. The van der Waals surface area contributed by atoms with Crippen molar-refractivity contribution in [3.05, 3.63) is 66.6 Å². The van der Waals surface area contributed by atoms with Crippen LogP contribution in [0.25, 0.3) is 0 Å². The second-order valence-electron chi connectivity index (χ2n) is 5.99. The van der Waals surface area contributed by atoms with Crippen molar-refractivity contribution in [2.45, 2.75) is 11.3 Å². The summed E-state index contributed by atoms with van der Waals surface area (Å²) in [4.78, 5) is 33.4. The molecule has 0 aliphatic carbocycles. The molecule has 0 bridgehead atoms. The molecule has 2 aromatic carbocycles.